The number of hydrogen-bond donors (Lipinski definition) is 2. The van der Waals surface area contributed by atoms with Crippen molar-refractivity contribution < 1.29 is 5.11 Å². The molecule has 1 unspecified atom stereocenters. The molecule has 0 saturated carbocycles. The monoisotopic (exact) mass is 292 g/mol. The lowest BCUT2D eigenvalue weighted by Crippen LogP contribution is -2.21. The number of β-amino-alcohol motifs (C(OH)–C–C–N with tert-alkyl or cyclic N) is 1. The number of hydrogen-bond acceptors (Lipinski definition) is 3. The summed E-state index contributed by atoms with van der Waals surface area (Å²) in [4.78, 5) is 2.30. The maximum Gasteiger partial charge on any atom is 0.0679 e. The molecule has 1 aromatic rings. The quantitative estimate of drug-likeness (QED) is 0.889. The summed E-state index contributed by atoms with van der Waals surface area (Å²) in [7, 11) is 1.96. The Labute approximate surface area is 121 Å². The summed E-state index contributed by atoms with van der Waals surface area (Å²) in [6.45, 7) is 3.71. The minimum absolute atomic E-state index is 0. The standard InChI is InChI=1S/C13H20N2O.2ClH/c1-14-8-11-2-4-12(5-3-11)9-15-7-6-13(16)10-15;;/h2-5,13-14,16H,6-10H2,1H3;2*1H. The minimum Gasteiger partial charge on any atom is -0.392 e. The van der Waals surface area contributed by atoms with Crippen molar-refractivity contribution >= 4 is 24.8 Å². The number of benzene rings is 1. The molecule has 1 aliphatic heterocycles. The number of nitrogens with one attached hydrogen (secondary N) is 1. The molecule has 0 spiro atoms. The van der Waals surface area contributed by atoms with Gasteiger partial charge in [0.2, 0.25) is 0 Å². The van der Waals surface area contributed by atoms with Crippen LogP contribution in [0.5, 0.6) is 0 Å². The van der Waals surface area contributed by atoms with E-state index < -0.39 is 0 Å². The summed E-state index contributed by atoms with van der Waals surface area (Å²) >= 11 is 0. The summed E-state index contributed by atoms with van der Waals surface area (Å²) in [6.07, 6.45) is 0.793. The molecule has 1 saturated heterocycles. The van der Waals surface area contributed by atoms with Gasteiger partial charge >= 0.3 is 0 Å². The SMILES string of the molecule is CNCc1ccc(CN2CCC(O)C2)cc1.Cl.Cl. The third-order valence-electron chi connectivity index (χ3n) is 3.06. The van der Waals surface area contributed by atoms with E-state index >= 15 is 0 Å². The molecule has 2 N–H and O–H groups in total. The molecule has 1 aliphatic rings. The molecule has 3 nitrogen and oxygen atoms in total. The van der Waals surface area contributed by atoms with E-state index in [1.807, 2.05) is 7.05 Å². The number of nitrogens with zero attached hydrogens (tertiary/aromatic N) is 1. The van der Waals surface area contributed by atoms with Crippen molar-refractivity contribution in [1.29, 1.82) is 0 Å². The van der Waals surface area contributed by atoms with Crippen molar-refractivity contribution in [2.75, 3.05) is 20.1 Å². The molecule has 0 aliphatic carbocycles. The molecular formula is C13H22Cl2N2O. The van der Waals surface area contributed by atoms with Crippen molar-refractivity contribution in [2.45, 2.75) is 25.6 Å². The zero-order chi connectivity index (χ0) is 11.4. The van der Waals surface area contributed by atoms with Gasteiger partial charge in [0.05, 0.1) is 6.10 Å². The lowest BCUT2D eigenvalue weighted by atomic mass is 10.1. The number of aliphatic hydroxyl groups excluding tert-OH is 1. The van der Waals surface area contributed by atoms with Gasteiger partial charge in [-0.2, -0.15) is 0 Å². The van der Waals surface area contributed by atoms with E-state index in [-0.39, 0.29) is 30.9 Å². The third kappa shape index (κ3) is 5.12. The van der Waals surface area contributed by atoms with Crippen LogP contribution < -0.4 is 5.32 Å². The second-order valence-corrected chi connectivity index (χ2v) is 4.52. The van der Waals surface area contributed by atoms with Gasteiger partial charge in [-0.1, -0.05) is 24.3 Å². The Balaban J connectivity index is 0.00000144. The normalized spacial score (nSPS) is 19.1. The second kappa shape index (κ2) is 8.73. The molecule has 0 amide bonds. The van der Waals surface area contributed by atoms with Gasteiger partial charge in [-0.3, -0.25) is 4.90 Å². The fourth-order valence-electron chi connectivity index (χ4n) is 2.18. The third-order valence-corrected chi connectivity index (χ3v) is 3.06. The van der Waals surface area contributed by atoms with Crippen LogP contribution in [0.25, 0.3) is 0 Å². The number of likely N-dealkylation sites (tertiary alicyclic amines) is 1. The molecule has 0 radical (unpaired) electrons. The fourth-order valence-corrected chi connectivity index (χ4v) is 2.18. The van der Waals surface area contributed by atoms with Gasteiger partial charge in [-0.25, -0.2) is 0 Å². The molecule has 1 aromatic carbocycles. The van der Waals surface area contributed by atoms with Crippen molar-refractivity contribution in [2.24, 2.45) is 0 Å². The van der Waals surface area contributed by atoms with E-state index in [9.17, 15) is 5.11 Å². The summed E-state index contributed by atoms with van der Waals surface area (Å²) in [6, 6.07) is 8.69. The van der Waals surface area contributed by atoms with Gasteiger partial charge in [-0.15, -0.1) is 24.8 Å². The second-order valence-electron chi connectivity index (χ2n) is 4.52. The summed E-state index contributed by atoms with van der Waals surface area (Å²) < 4.78 is 0. The van der Waals surface area contributed by atoms with E-state index in [4.69, 9.17) is 0 Å². The van der Waals surface area contributed by atoms with Crippen LogP contribution in [0.2, 0.25) is 0 Å². The first-order valence-corrected chi connectivity index (χ1v) is 5.91. The largest absolute Gasteiger partial charge is 0.392 e. The average molecular weight is 293 g/mol. The first kappa shape index (κ1) is 17.7. The van der Waals surface area contributed by atoms with Crippen LogP contribution in [0.15, 0.2) is 24.3 Å². The van der Waals surface area contributed by atoms with Gasteiger partial charge in [0.25, 0.3) is 0 Å². The Bertz CT molecular complexity index is 332. The Morgan fingerprint density at radius 1 is 1.22 bits per heavy atom. The molecule has 0 bridgehead atoms. The van der Waals surface area contributed by atoms with E-state index in [0.29, 0.717) is 0 Å². The van der Waals surface area contributed by atoms with E-state index in [1.165, 1.54) is 11.1 Å². The molecule has 5 heteroatoms. The van der Waals surface area contributed by atoms with Gasteiger partial charge in [-0.05, 0) is 24.6 Å². The van der Waals surface area contributed by atoms with Crippen LogP contribution in [-0.2, 0) is 13.1 Å². The maximum absolute atomic E-state index is 9.44. The lowest BCUT2D eigenvalue weighted by Gasteiger charge is -2.15. The van der Waals surface area contributed by atoms with Crippen molar-refractivity contribution in [3.05, 3.63) is 35.4 Å². The molecule has 0 aromatic heterocycles. The molecule has 2 rings (SSSR count). The van der Waals surface area contributed by atoms with Crippen molar-refractivity contribution in [1.82, 2.24) is 10.2 Å². The topological polar surface area (TPSA) is 35.5 Å². The predicted molar refractivity (Wildman–Crippen MR) is 79.6 cm³/mol. The van der Waals surface area contributed by atoms with Gasteiger partial charge in [0, 0.05) is 26.2 Å². The van der Waals surface area contributed by atoms with Crippen LogP contribution in [0.3, 0.4) is 0 Å². The summed E-state index contributed by atoms with van der Waals surface area (Å²) in [5.41, 5.74) is 2.64. The highest BCUT2D eigenvalue weighted by Gasteiger charge is 2.19. The Morgan fingerprint density at radius 2 is 1.83 bits per heavy atom. The van der Waals surface area contributed by atoms with Crippen LogP contribution in [0.4, 0.5) is 0 Å². The zero-order valence-corrected chi connectivity index (χ0v) is 12.3. The molecule has 1 fully saturated rings. The van der Waals surface area contributed by atoms with E-state index in [2.05, 4.69) is 34.5 Å². The van der Waals surface area contributed by atoms with Crippen LogP contribution in [0.1, 0.15) is 17.5 Å². The zero-order valence-electron chi connectivity index (χ0n) is 10.6. The molecule has 1 atom stereocenters. The molecular weight excluding hydrogens is 271 g/mol. The van der Waals surface area contributed by atoms with Crippen LogP contribution in [-0.4, -0.2) is 36.2 Å². The minimum atomic E-state index is -0.122. The fraction of sp³-hybridized carbons (Fsp3) is 0.538. The summed E-state index contributed by atoms with van der Waals surface area (Å²) in [5, 5.41) is 12.6. The molecule has 18 heavy (non-hydrogen) atoms. The highest BCUT2D eigenvalue weighted by molar-refractivity contribution is 5.85. The average Bonchev–Trinajstić information content (AvgIpc) is 2.67. The smallest absolute Gasteiger partial charge is 0.0679 e. The van der Waals surface area contributed by atoms with Crippen molar-refractivity contribution in [3.8, 4) is 0 Å². The lowest BCUT2D eigenvalue weighted by molar-refractivity contribution is 0.175. The highest BCUT2D eigenvalue weighted by atomic mass is 35.5. The van der Waals surface area contributed by atoms with E-state index in [0.717, 1.165) is 32.6 Å². The molecule has 1 heterocycles. The molecule has 104 valence electrons. The van der Waals surface area contributed by atoms with E-state index in [1.54, 1.807) is 0 Å². The maximum atomic E-state index is 9.44. The van der Waals surface area contributed by atoms with Gasteiger partial charge < -0.3 is 10.4 Å². The highest BCUT2D eigenvalue weighted by Crippen LogP contribution is 2.13. The Kier molecular flexibility index (Phi) is 8.57. The first-order chi connectivity index (χ1) is 7.78. The van der Waals surface area contributed by atoms with Crippen LogP contribution in [0, 0.1) is 0 Å². The number of aliphatic hydroxyl groups is 1. The number of halogens is 2. The first-order valence-electron chi connectivity index (χ1n) is 5.91. The Morgan fingerprint density at radius 3 is 2.33 bits per heavy atom. The Hall–Kier alpha value is -0.320. The van der Waals surface area contributed by atoms with Crippen molar-refractivity contribution in [3.63, 3.8) is 0 Å². The van der Waals surface area contributed by atoms with Crippen LogP contribution >= 0.6 is 24.8 Å². The predicted octanol–water partition coefficient (Wildman–Crippen LogP) is 1.82. The van der Waals surface area contributed by atoms with Gasteiger partial charge in [0.1, 0.15) is 0 Å². The van der Waals surface area contributed by atoms with Gasteiger partial charge in [0.15, 0.2) is 0 Å². The number of rotatable bonds is 4. The summed E-state index contributed by atoms with van der Waals surface area (Å²) in [5.74, 6) is 0.